The number of nitrogens with two attached hydrogens (primary N) is 2. The molecule has 0 saturated heterocycles. The summed E-state index contributed by atoms with van der Waals surface area (Å²) in [5.74, 6) is 1.50. The Balaban J connectivity index is 1.86. The van der Waals surface area contributed by atoms with E-state index in [2.05, 4.69) is 55.3 Å². The minimum Gasteiger partial charge on any atom is -0.493 e. The monoisotopic (exact) mass is 504 g/mol. The molecule has 2 rings (SSSR count). The lowest BCUT2D eigenvalue weighted by atomic mass is 10.1. The normalized spacial score (nSPS) is 14.1. The lowest BCUT2D eigenvalue weighted by Crippen LogP contribution is -2.53. The Labute approximate surface area is 217 Å². The van der Waals surface area contributed by atoms with Gasteiger partial charge in [-0.3, -0.25) is 4.90 Å². The molecule has 0 heterocycles. The number of rotatable bonds is 17. The molecule has 0 aliphatic rings. The Hall–Kier alpha value is -1.83. The number of ether oxygens (including phenoxy) is 2. The average Bonchev–Trinajstić information content (AvgIpc) is 2.85. The van der Waals surface area contributed by atoms with Gasteiger partial charge in [0.25, 0.3) is 0 Å². The van der Waals surface area contributed by atoms with Crippen LogP contribution >= 0.6 is 11.6 Å². The minimum atomic E-state index is -0.0512. The molecular formula is C28H45ClN4O2. The highest BCUT2D eigenvalue weighted by molar-refractivity contribution is 6.30. The first kappa shape index (κ1) is 29.4. The lowest BCUT2D eigenvalue weighted by Gasteiger charge is -2.34. The van der Waals surface area contributed by atoms with E-state index in [1.54, 1.807) is 7.11 Å². The van der Waals surface area contributed by atoms with E-state index in [1.807, 2.05) is 18.2 Å². The van der Waals surface area contributed by atoms with E-state index < -0.39 is 0 Å². The van der Waals surface area contributed by atoms with Crippen molar-refractivity contribution in [3.63, 3.8) is 0 Å². The van der Waals surface area contributed by atoms with Gasteiger partial charge in [-0.05, 0) is 68.0 Å². The predicted octanol–water partition coefficient (Wildman–Crippen LogP) is 5.31. The maximum atomic E-state index is 6.39. The standard InChI is InChI=1S/C28H45ClN4O2/c1-5-7-27(30)33(28(31)8-6-2)17-18-35-25-16-13-22(19-26(25)34-4)10-9-21(3)32-20-23-11-14-24(29)15-12-23/h11-16,19,21,27-28,32H,5-10,17-18,20,30-31H2,1-4H3/t21-,27?,28?/m1/s1. The summed E-state index contributed by atoms with van der Waals surface area (Å²) >= 11 is 5.97. The summed E-state index contributed by atoms with van der Waals surface area (Å²) in [4.78, 5) is 2.16. The molecule has 0 amide bonds. The van der Waals surface area contributed by atoms with Gasteiger partial charge in [-0.2, -0.15) is 0 Å². The Morgan fingerprint density at radius 3 is 2.14 bits per heavy atom. The van der Waals surface area contributed by atoms with Gasteiger partial charge >= 0.3 is 0 Å². The molecule has 2 unspecified atom stereocenters. The van der Waals surface area contributed by atoms with Gasteiger partial charge < -0.3 is 26.3 Å². The van der Waals surface area contributed by atoms with E-state index in [-0.39, 0.29) is 12.3 Å². The molecule has 0 spiro atoms. The third kappa shape index (κ3) is 10.4. The number of hydrogen-bond donors (Lipinski definition) is 3. The molecule has 0 fully saturated rings. The zero-order valence-electron chi connectivity index (χ0n) is 21.9. The molecule has 0 saturated carbocycles. The van der Waals surface area contributed by atoms with Gasteiger partial charge in [0, 0.05) is 24.2 Å². The molecule has 0 aliphatic heterocycles. The smallest absolute Gasteiger partial charge is 0.161 e. The van der Waals surface area contributed by atoms with Crippen LogP contribution in [-0.4, -0.2) is 43.5 Å². The van der Waals surface area contributed by atoms with Gasteiger partial charge in [0.15, 0.2) is 11.5 Å². The minimum absolute atomic E-state index is 0.0512. The van der Waals surface area contributed by atoms with E-state index in [9.17, 15) is 0 Å². The fourth-order valence-electron chi connectivity index (χ4n) is 4.13. The molecule has 3 atom stereocenters. The molecule has 0 aliphatic carbocycles. The van der Waals surface area contributed by atoms with Crippen LogP contribution in [0.15, 0.2) is 42.5 Å². The fraction of sp³-hybridized carbons (Fsp3) is 0.571. The van der Waals surface area contributed by atoms with E-state index in [1.165, 1.54) is 11.1 Å². The Bertz CT molecular complexity index is 837. The summed E-state index contributed by atoms with van der Waals surface area (Å²) in [6, 6.07) is 14.5. The van der Waals surface area contributed by atoms with E-state index in [0.717, 1.165) is 61.6 Å². The van der Waals surface area contributed by atoms with Crippen LogP contribution in [-0.2, 0) is 13.0 Å². The molecule has 2 aromatic rings. The first-order chi connectivity index (χ1) is 16.9. The average molecular weight is 505 g/mol. The molecule has 35 heavy (non-hydrogen) atoms. The molecule has 6 nitrogen and oxygen atoms in total. The van der Waals surface area contributed by atoms with Crippen molar-refractivity contribution >= 4 is 11.6 Å². The van der Waals surface area contributed by atoms with Gasteiger partial charge in [-0.1, -0.05) is 56.5 Å². The number of hydrogen-bond acceptors (Lipinski definition) is 6. The summed E-state index contributed by atoms with van der Waals surface area (Å²) in [7, 11) is 1.68. The van der Waals surface area contributed by atoms with Gasteiger partial charge in [0.05, 0.1) is 19.4 Å². The van der Waals surface area contributed by atoms with Crippen molar-refractivity contribution in [3.8, 4) is 11.5 Å². The number of nitrogens with zero attached hydrogens (tertiary/aromatic N) is 1. The summed E-state index contributed by atoms with van der Waals surface area (Å²) in [6.07, 6.45) is 5.77. The zero-order valence-corrected chi connectivity index (χ0v) is 22.7. The predicted molar refractivity (Wildman–Crippen MR) is 147 cm³/mol. The van der Waals surface area contributed by atoms with Crippen molar-refractivity contribution in [2.45, 2.75) is 84.2 Å². The molecule has 5 N–H and O–H groups in total. The van der Waals surface area contributed by atoms with Crippen molar-refractivity contribution in [1.29, 1.82) is 0 Å². The largest absolute Gasteiger partial charge is 0.493 e. The lowest BCUT2D eigenvalue weighted by molar-refractivity contribution is 0.101. The Kier molecular flexibility index (Phi) is 13.5. The van der Waals surface area contributed by atoms with Crippen molar-refractivity contribution < 1.29 is 9.47 Å². The van der Waals surface area contributed by atoms with Gasteiger partial charge in [0.1, 0.15) is 6.61 Å². The van der Waals surface area contributed by atoms with Gasteiger partial charge in [-0.15, -0.1) is 0 Å². The van der Waals surface area contributed by atoms with Crippen LogP contribution in [0.3, 0.4) is 0 Å². The molecule has 196 valence electrons. The molecule has 2 aromatic carbocycles. The number of nitrogens with one attached hydrogen (secondary N) is 1. The van der Waals surface area contributed by atoms with Crippen LogP contribution in [0.4, 0.5) is 0 Å². The summed E-state index contributed by atoms with van der Waals surface area (Å²) in [5.41, 5.74) is 15.2. The third-order valence-corrected chi connectivity index (χ3v) is 6.54. The second-order valence-electron chi connectivity index (χ2n) is 9.23. The number of methoxy groups -OCH3 is 1. The van der Waals surface area contributed by atoms with Crippen LogP contribution < -0.4 is 26.3 Å². The first-order valence-electron chi connectivity index (χ1n) is 12.9. The first-order valence-corrected chi connectivity index (χ1v) is 13.3. The fourth-order valence-corrected chi connectivity index (χ4v) is 4.25. The molecule has 0 bridgehead atoms. The van der Waals surface area contributed by atoms with E-state index >= 15 is 0 Å². The SMILES string of the molecule is CCCC(N)N(CCOc1ccc(CC[C@@H](C)NCc2ccc(Cl)cc2)cc1OC)C(N)CCC. The maximum absolute atomic E-state index is 6.39. The van der Waals surface area contributed by atoms with Gasteiger partial charge in [0.2, 0.25) is 0 Å². The highest BCUT2D eigenvalue weighted by atomic mass is 35.5. The topological polar surface area (TPSA) is 85.8 Å². The van der Waals surface area contributed by atoms with Crippen LogP contribution in [0.5, 0.6) is 11.5 Å². The van der Waals surface area contributed by atoms with Crippen molar-refractivity contribution in [1.82, 2.24) is 10.2 Å². The highest BCUT2D eigenvalue weighted by Crippen LogP contribution is 2.29. The zero-order chi connectivity index (χ0) is 25.6. The van der Waals surface area contributed by atoms with Crippen LogP contribution in [0.2, 0.25) is 5.02 Å². The Morgan fingerprint density at radius 1 is 0.914 bits per heavy atom. The number of aryl methyl sites for hydroxylation is 1. The molecule has 0 aromatic heterocycles. The van der Waals surface area contributed by atoms with Crippen molar-refractivity contribution in [2.75, 3.05) is 20.3 Å². The third-order valence-electron chi connectivity index (χ3n) is 6.29. The quantitative estimate of drug-likeness (QED) is 0.253. The number of halogens is 1. The van der Waals surface area contributed by atoms with Crippen molar-refractivity contribution in [2.24, 2.45) is 11.5 Å². The number of benzene rings is 2. The van der Waals surface area contributed by atoms with Crippen LogP contribution in [0, 0.1) is 0 Å². The van der Waals surface area contributed by atoms with Crippen molar-refractivity contribution in [3.05, 3.63) is 58.6 Å². The van der Waals surface area contributed by atoms with E-state index in [4.69, 9.17) is 32.5 Å². The van der Waals surface area contributed by atoms with Crippen LogP contribution in [0.1, 0.15) is 64.0 Å². The highest BCUT2D eigenvalue weighted by Gasteiger charge is 2.20. The molecule has 0 radical (unpaired) electrons. The summed E-state index contributed by atoms with van der Waals surface area (Å²) < 4.78 is 11.7. The molecular weight excluding hydrogens is 460 g/mol. The van der Waals surface area contributed by atoms with Crippen LogP contribution in [0.25, 0.3) is 0 Å². The second-order valence-corrected chi connectivity index (χ2v) is 9.67. The summed E-state index contributed by atoms with van der Waals surface area (Å²) in [5, 5.41) is 4.34. The Morgan fingerprint density at radius 2 is 1.54 bits per heavy atom. The summed E-state index contributed by atoms with van der Waals surface area (Å²) in [6.45, 7) is 8.52. The second kappa shape index (κ2) is 16.0. The maximum Gasteiger partial charge on any atom is 0.161 e. The van der Waals surface area contributed by atoms with E-state index in [0.29, 0.717) is 19.2 Å². The van der Waals surface area contributed by atoms with Gasteiger partial charge in [-0.25, -0.2) is 0 Å². The molecule has 7 heteroatoms.